The Bertz CT molecular complexity index is 234. The van der Waals surface area contributed by atoms with E-state index in [1.165, 1.54) is 13.8 Å². The second kappa shape index (κ2) is 4.79. The molecule has 0 aromatic rings. The minimum absolute atomic E-state index is 0.0365. The molecular formula is C10H15NO3. The summed E-state index contributed by atoms with van der Waals surface area (Å²) in [6, 6.07) is 0.0827. The van der Waals surface area contributed by atoms with Crippen LogP contribution in [0.2, 0.25) is 0 Å². The van der Waals surface area contributed by atoms with E-state index in [2.05, 4.69) is 5.32 Å². The molecule has 1 aliphatic carbocycles. The van der Waals surface area contributed by atoms with Gasteiger partial charge in [0.2, 0.25) is 5.91 Å². The van der Waals surface area contributed by atoms with Crippen LogP contribution in [0.1, 0.15) is 26.7 Å². The smallest absolute Gasteiger partial charge is 0.303 e. The lowest BCUT2D eigenvalue weighted by atomic mass is 10.0. The Kier molecular flexibility index (Phi) is 3.68. The van der Waals surface area contributed by atoms with Crippen LogP contribution in [0, 0.1) is 0 Å². The highest BCUT2D eigenvalue weighted by Crippen LogP contribution is 2.14. The monoisotopic (exact) mass is 197 g/mol. The number of carbonyl (C=O) groups is 2. The molecule has 14 heavy (non-hydrogen) atoms. The van der Waals surface area contributed by atoms with Crippen LogP contribution in [0.4, 0.5) is 0 Å². The molecule has 1 amide bonds. The predicted octanol–water partition coefficient (Wildman–Crippen LogP) is 0.773. The molecule has 0 fully saturated rings. The molecule has 0 heterocycles. The molecule has 0 saturated carbocycles. The molecule has 0 radical (unpaired) electrons. The average Bonchev–Trinajstić information content (AvgIpc) is 2.06. The molecule has 4 heteroatoms. The van der Waals surface area contributed by atoms with Crippen LogP contribution in [0.15, 0.2) is 12.2 Å². The number of amides is 1. The molecule has 1 N–H and O–H groups in total. The van der Waals surface area contributed by atoms with Crippen molar-refractivity contribution in [3.8, 4) is 0 Å². The third-order valence-electron chi connectivity index (χ3n) is 2.03. The number of nitrogens with one attached hydrogen (secondary N) is 1. The topological polar surface area (TPSA) is 55.4 Å². The minimum atomic E-state index is -0.266. The highest BCUT2D eigenvalue weighted by molar-refractivity contribution is 5.73. The molecule has 4 nitrogen and oxygen atoms in total. The van der Waals surface area contributed by atoms with Crippen LogP contribution >= 0.6 is 0 Å². The third-order valence-corrected chi connectivity index (χ3v) is 2.03. The van der Waals surface area contributed by atoms with E-state index in [-0.39, 0.29) is 24.0 Å². The molecular weight excluding hydrogens is 182 g/mol. The fourth-order valence-electron chi connectivity index (χ4n) is 1.49. The van der Waals surface area contributed by atoms with Gasteiger partial charge in [-0.25, -0.2) is 0 Å². The Balaban J connectivity index is 2.39. The fraction of sp³-hybridized carbons (Fsp3) is 0.600. The molecule has 1 rings (SSSR count). The highest BCUT2D eigenvalue weighted by atomic mass is 16.5. The lowest BCUT2D eigenvalue weighted by Crippen LogP contribution is -2.35. The maximum atomic E-state index is 10.7. The van der Waals surface area contributed by atoms with Gasteiger partial charge in [0.1, 0.15) is 6.10 Å². The Hall–Kier alpha value is -1.32. The van der Waals surface area contributed by atoms with Crippen molar-refractivity contribution in [2.75, 3.05) is 0 Å². The summed E-state index contributed by atoms with van der Waals surface area (Å²) in [5, 5.41) is 2.79. The average molecular weight is 197 g/mol. The van der Waals surface area contributed by atoms with Crippen molar-refractivity contribution >= 4 is 11.9 Å². The van der Waals surface area contributed by atoms with Crippen LogP contribution in [0.25, 0.3) is 0 Å². The Morgan fingerprint density at radius 1 is 1.29 bits per heavy atom. The van der Waals surface area contributed by atoms with Gasteiger partial charge in [-0.15, -0.1) is 0 Å². The molecule has 0 aliphatic heterocycles. The van der Waals surface area contributed by atoms with E-state index in [4.69, 9.17) is 4.74 Å². The van der Waals surface area contributed by atoms with E-state index in [9.17, 15) is 9.59 Å². The van der Waals surface area contributed by atoms with Gasteiger partial charge in [-0.2, -0.15) is 0 Å². The van der Waals surface area contributed by atoms with Gasteiger partial charge in [0, 0.05) is 19.9 Å². The Morgan fingerprint density at radius 3 is 2.43 bits per heavy atom. The molecule has 2 atom stereocenters. The summed E-state index contributed by atoms with van der Waals surface area (Å²) in [6.45, 7) is 2.89. The van der Waals surface area contributed by atoms with Crippen molar-refractivity contribution in [1.82, 2.24) is 5.32 Å². The molecule has 78 valence electrons. The molecule has 0 aromatic heterocycles. The Labute approximate surface area is 83.3 Å². The maximum absolute atomic E-state index is 10.7. The fourth-order valence-corrected chi connectivity index (χ4v) is 1.49. The summed E-state index contributed by atoms with van der Waals surface area (Å²) in [4.78, 5) is 21.4. The SMILES string of the molecule is CC(=O)NC1C=CC(OC(C)=O)CC1. The van der Waals surface area contributed by atoms with E-state index in [0.29, 0.717) is 0 Å². The summed E-state index contributed by atoms with van der Waals surface area (Å²) >= 11 is 0. The van der Waals surface area contributed by atoms with Gasteiger partial charge in [-0.3, -0.25) is 9.59 Å². The first-order valence-corrected chi connectivity index (χ1v) is 4.70. The van der Waals surface area contributed by atoms with Crippen molar-refractivity contribution in [3.05, 3.63) is 12.2 Å². The number of hydrogen-bond donors (Lipinski definition) is 1. The van der Waals surface area contributed by atoms with E-state index < -0.39 is 0 Å². The van der Waals surface area contributed by atoms with Crippen LogP contribution in [0.3, 0.4) is 0 Å². The molecule has 0 bridgehead atoms. The predicted molar refractivity (Wildman–Crippen MR) is 51.5 cm³/mol. The summed E-state index contributed by atoms with van der Waals surface area (Å²) in [7, 11) is 0. The van der Waals surface area contributed by atoms with Gasteiger partial charge in [-0.1, -0.05) is 6.08 Å². The van der Waals surface area contributed by atoms with Crippen LogP contribution in [-0.2, 0) is 14.3 Å². The van der Waals surface area contributed by atoms with E-state index in [1.54, 1.807) is 0 Å². The van der Waals surface area contributed by atoms with Gasteiger partial charge in [0.25, 0.3) is 0 Å². The first-order valence-electron chi connectivity index (χ1n) is 4.70. The van der Waals surface area contributed by atoms with Crippen LogP contribution in [-0.4, -0.2) is 24.0 Å². The summed E-state index contributed by atoms with van der Waals surface area (Å²) in [5.41, 5.74) is 0. The number of esters is 1. The first kappa shape index (κ1) is 10.8. The van der Waals surface area contributed by atoms with Crippen molar-refractivity contribution in [1.29, 1.82) is 0 Å². The quantitative estimate of drug-likeness (QED) is 0.525. The van der Waals surface area contributed by atoms with Crippen molar-refractivity contribution < 1.29 is 14.3 Å². The second-order valence-corrected chi connectivity index (χ2v) is 3.42. The van der Waals surface area contributed by atoms with Crippen molar-refractivity contribution in [2.45, 2.75) is 38.8 Å². The summed E-state index contributed by atoms with van der Waals surface area (Å²) in [5.74, 6) is -0.303. The maximum Gasteiger partial charge on any atom is 0.303 e. The molecule has 0 aromatic carbocycles. The number of rotatable bonds is 2. The second-order valence-electron chi connectivity index (χ2n) is 3.42. The van der Waals surface area contributed by atoms with Crippen LogP contribution in [0.5, 0.6) is 0 Å². The molecule has 1 aliphatic rings. The minimum Gasteiger partial charge on any atom is -0.458 e. The largest absolute Gasteiger partial charge is 0.458 e. The van der Waals surface area contributed by atoms with Crippen LogP contribution < -0.4 is 5.32 Å². The highest BCUT2D eigenvalue weighted by Gasteiger charge is 2.17. The van der Waals surface area contributed by atoms with Gasteiger partial charge in [0.05, 0.1) is 0 Å². The van der Waals surface area contributed by atoms with Gasteiger partial charge >= 0.3 is 5.97 Å². The normalized spacial score (nSPS) is 25.6. The number of hydrogen-bond acceptors (Lipinski definition) is 3. The van der Waals surface area contributed by atoms with E-state index >= 15 is 0 Å². The zero-order valence-corrected chi connectivity index (χ0v) is 8.45. The van der Waals surface area contributed by atoms with Crippen molar-refractivity contribution in [3.63, 3.8) is 0 Å². The number of ether oxygens (including phenoxy) is 1. The lowest BCUT2D eigenvalue weighted by molar-refractivity contribution is -0.144. The van der Waals surface area contributed by atoms with Gasteiger partial charge < -0.3 is 10.1 Å². The summed E-state index contributed by atoms with van der Waals surface area (Å²) < 4.78 is 5.01. The third kappa shape index (κ3) is 3.60. The summed E-state index contributed by atoms with van der Waals surface area (Å²) in [6.07, 6.45) is 5.15. The van der Waals surface area contributed by atoms with E-state index in [0.717, 1.165) is 12.8 Å². The Morgan fingerprint density at radius 2 is 2.00 bits per heavy atom. The van der Waals surface area contributed by atoms with Gasteiger partial charge in [0.15, 0.2) is 0 Å². The zero-order chi connectivity index (χ0) is 10.6. The number of carbonyl (C=O) groups excluding carboxylic acids is 2. The van der Waals surface area contributed by atoms with Crippen molar-refractivity contribution in [2.24, 2.45) is 0 Å². The molecule has 0 saturated heterocycles. The molecule has 0 spiro atoms. The standard InChI is InChI=1S/C10H15NO3/c1-7(12)11-9-3-5-10(6-4-9)14-8(2)13/h3,5,9-10H,4,6H2,1-2H3,(H,11,12). The molecule has 2 unspecified atom stereocenters. The lowest BCUT2D eigenvalue weighted by Gasteiger charge is -2.22. The first-order chi connectivity index (χ1) is 6.58. The van der Waals surface area contributed by atoms with Gasteiger partial charge in [-0.05, 0) is 18.9 Å². The van der Waals surface area contributed by atoms with E-state index in [1.807, 2.05) is 12.2 Å². The zero-order valence-electron chi connectivity index (χ0n) is 8.45.